The predicted molar refractivity (Wildman–Crippen MR) is 36.9 cm³/mol. The normalized spacial score (nSPS) is 30.7. The lowest BCUT2D eigenvalue weighted by Crippen LogP contribution is -2.28. The molecule has 3 N–H and O–H groups in total. The molecule has 0 amide bonds. The largest absolute Gasteiger partial charge is 0.509 e. The predicted octanol–water partition coefficient (Wildman–Crippen LogP) is -0.711. The first-order chi connectivity index (χ1) is 5.15. The molecule has 0 bridgehead atoms. The molecular weight excluding hydrogens is 148 g/mol. The van der Waals surface area contributed by atoms with Gasteiger partial charge in [-0.3, -0.25) is 4.79 Å². The monoisotopic (exact) mass is 156 g/mol. The van der Waals surface area contributed by atoms with Gasteiger partial charge in [-0.2, -0.15) is 0 Å². The van der Waals surface area contributed by atoms with Gasteiger partial charge in [0.2, 0.25) is 0 Å². The van der Waals surface area contributed by atoms with Crippen LogP contribution >= 0.6 is 0 Å². The topological polar surface area (TPSA) is 77.8 Å². The van der Waals surface area contributed by atoms with Crippen LogP contribution in [0.15, 0.2) is 23.5 Å². The standard InChI is InChI=1S/C7H8O4/c8-3-4-1-5(9)7(11)6(10)2-4/h1-3,5,7,9-11H. The summed E-state index contributed by atoms with van der Waals surface area (Å²) in [5, 5.41) is 26.8. The van der Waals surface area contributed by atoms with Crippen LogP contribution in [0.5, 0.6) is 0 Å². The van der Waals surface area contributed by atoms with E-state index in [9.17, 15) is 4.79 Å². The molecule has 0 saturated carbocycles. The molecule has 2 atom stereocenters. The summed E-state index contributed by atoms with van der Waals surface area (Å²) >= 11 is 0. The molecule has 0 heterocycles. The maximum Gasteiger partial charge on any atom is 0.149 e. The minimum atomic E-state index is -1.31. The van der Waals surface area contributed by atoms with Gasteiger partial charge in [-0.05, 0) is 12.2 Å². The van der Waals surface area contributed by atoms with Crippen molar-refractivity contribution >= 4 is 6.29 Å². The first-order valence-electron chi connectivity index (χ1n) is 3.09. The summed E-state index contributed by atoms with van der Waals surface area (Å²) in [6, 6.07) is 0. The van der Waals surface area contributed by atoms with Crippen molar-refractivity contribution in [2.24, 2.45) is 0 Å². The lowest BCUT2D eigenvalue weighted by molar-refractivity contribution is -0.104. The zero-order valence-electron chi connectivity index (χ0n) is 5.64. The Morgan fingerprint density at radius 2 is 2.09 bits per heavy atom. The highest BCUT2D eigenvalue weighted by Crippen LogP contribution is 2.14. The van der Waals surface area contributed by atoms with E-state index in [4.69, 9.17) is 15.3 Å². The molecule has 60 valence electrons. The number of hydrogen-bond acceptors (Lipinski definition) is 4. The van der Waals surface area contributed by atoms with Gasteiger partial charge < -0.3 is 15.3 Å². The minimum Gasteiger partial charge on any atom is -0.509 e. The third kappa shape index (κ3) is 1.47. The van der Waals surface area contributed by atoms with Crippen LogP contribution in [0.25, 0.3) is 0 Å². The third-order valence-electron chi connectivity index (χ3n) is 1.44. The fourth-order valence-electron chi connectivity index (χ4n) is 0.841. The highest BCUT2D eigenvalue weighted by atomic mass is 16.4. The third-order valence-corrected chi connectivity index (χ3v) is 1.44. The van der Waals surface area contributed by atoms with Crippen LogP contribution in [0, 0.1) is 0 Å². The summed E-state index contributed by atoms with van der Waals surface area (Å²) < 4.78 is 0. The summed E-state index contributed by atoms with van der Waals surface area (Å²) in [5.41, 5.74) is 0.167. The van der Waals surface area contributed by atoms with E-state index in [0.29, 0.717) is 6.29 Å². The second-order valence-electron chi connectivity index (χ2n) is 2.29. The van der Waals surface area contributed by atoms with E-state index in [0.717, 1.165) is 6.08 Å². The van der Waals surface area contributed by atoms with E-state index in [2.05, 4.69) is 0 Å². The Morgan fingerprint density at radius 3 is 2.55 bits per heavy atom. The van der Waals surface area contributed by atoms with Gasteiger partial charge >= 0.3 is 0 Å². The van der Waals surface area contributed by atoms with E-state index in [1.54, 1.807) is 0 Å². The Hall–Kier alpha value is -1.13. The molecule has 11 heavy (non-hydrogen) atoms. The number of aliphatic hydroxyl groups excluding tert-OH is 3. The molecule has 0 aliphatic heterocycles. The molecule has 1 rings (SSSR count). The molecule has 0 aromatic heterocycles. The molecular formula is C7H8O4. The van der Waals surface area contributed by atoms with Gasteiger partial charge in [0.05, 0.1) is 0 Å². The first kappa shape index (κ1) is 7.97. The Kier molecular flexibility index (Phi) is 2.07. The Bertz CT molecular complexity index is 229. The van der Waals surface area contributed by atoms with Crippen LogP contribution in [0.4, 0.5) is 0 Å². The molecule has 0 fully saturated rings. The zero-order chi connectivity index (χ0) is 8.43. The van der Waals surface area contributed by atoms with Gasteiger partial charge in [0.25, 0.3) is 0 Å². The average molecular weight is 156 g/mol. The molecule has 0 aromatic rings. The smallest absolute Gasteiger partial charge is 0.149 e. The van der Waals surface area contributed by atoms with Crippen molar-refractivity contribution in [2.45, 2.75) is 12.2 Å². The van der Waals surface area contributed by atoms with E-state index in [1.807, 2.05) is 0 Å². The second-order valence-corrected chi connectivity index (χ2v) is 2.29. The molecule has 4 heteroatoms. The Balaban J connectivity index is 2.90. The van der Waals surface area contributed by atoms with Gasteiger partial charge in [0.1, 0.15) is 24.3 Å². The molecule has 0 spiro atoms. The van der Waals surface area contributed by atoms with Crippen LogP contribution in [-0.2, 0) is 4.79 Å². The fraction of sp³-hybridized carbons (Fsp3) is 0.286. The number of hydrogen-bond donors (Lipinski definition) is 3. The van der Waals surface area contributed by atoms with Crippen molar-refractivity contribution < 1.29 is 20.1 Å². The van der Waals surface area contributed by atoms with Crippen LogP contribution < -0.4 is 0 Å². The lowest BCUT2D eigenvalue weighted by Gasteiger charge is -2.17. The number of aliphatic hydroxyl groups is 3. The number of carbonyl (C=O) groups excluding carboxylic acids is 1. The maximum atomic E-state index is 10.1. The Labute approximate surface area is 63.1 Å². The quantitative estimate of drug-likeness (QED) is 0.438. The highest BCUT2D eigenvalue weighted by molar-refractivity contribution is 5.78. The van der Waals surface area contributed by atoms with Crippen LogP contribution in [-0.4, -0.2) is 33.8 Å². The molecule has 0 saturated heterocycles. The van der Waals surface area contributed by atoms with E-state index < -0.39 is 12.2 Å². The molecule has 4 nitrogen and oxygen atoms in total. The molecule has 0 radical (unpaired) electrons. The van der Waals surface area contributed by atoms with Crippen molar-refractivity contribution in [3.8, 4) is 0 Å². The second kappa shape index (κ2) is 2.86. The van der Waals surface area contributed by atoms with Crippen LogP contribution in [0.2, 0.25) is 0 Å². The van der Waals surface area contributed by atoms with Crippen molar-refractivity contribution in [3.63, 3.8) is 0 Å². The molecule has 1 aliphatic carbocycles. The van der Waals surface area contributed by atoms with Crippen molar-refractivity contribution in [2.75, 3.05) is 0 Å². The maximum absolute atomic E-state index is 10.1. The average Bonchev–Trinajstić information content (AvgIpc) is 1.99. The van der Waals surface area contributed by atoms with Crippen molar-refractivity contribution in [3.05, 3.63) is 23.5 Å². The van der Waals surface area contributed by atoms with Gasteiger partial charge in [0.15, 0.2) is 0 Å². The number of rotatable bonds is 1. The van der Waals surface area contributed by atoms with Crippen molar-refractivity contribution in [1.82, 2.24) is 0 Å². The number of aldehydes is 1. The Morgan fingerprint density at radius 1 is 1.45 bits per heavy atom. The fourth-order valence-corrected chi connectivity index (χ4v) is 0.841. The lowest BCUT2D eigenvalue weighted by atomic mass is 10.0. The van der Waals surface area contributed by atoms with E-state index in [1.165, 1.54) is 6.08 Å². The van der Waals surface area contributed by atoms with Gasteiger partial charge in [-0.1, -0.05) is 0 Å². The SMILES string of the molecule is O=CC1=CC(O)C(O)C(O)=C1. The first-order valence-corrected chi connectivity index (χ1v) is 3.09. The van der Waals surface area contributed by atoms with Crippen molar-refractivity contribution in [1.29, 1.82) is 0 Å². The van der Waals surface area contributed by atoms with Gasteiger partial charge in [0, 0.05) is 5.57 Å². The molecule has 1 aliphatic rings. The minimum absolute atomic E-state index is 0.167. The zero-order valence-corrected chi connectivity index (χ0v) is 5.64. The summed E-state index contributed by atoms with van der Waals surface area (Å²) in [6.45, 7) is 0. The van der Waals surface area contributed by atoms with E-state index in [-0.39, 0.29) is 11.3 Å². The van der Waals surface area contributed by atoms with E-state index >= 15 is 0 Å². The molecule has 2 unspecified atom stereocenters. The summed E-state index contributed by atoms with van der Waals surface area (Å²) in [5.74, 6) is -0.387. The molecule has 0 aromatic carbocycles. The number of allylic oxidation sites excluding steroid dienone is 2. The summed E-state index contributed by atoms with van der Waals surface area (Å²) in [4.78, 5) is 10.1. The summed E-state index contributed by atoms with van der Waals surface area (Å²) in [7, 11) is 0. The van der Waals surface area contributed by atoms with Gasteiger partial charge in [-0.25, -0.2) is 0 Å². The van der Waals surface area contributed by atoms with Crippen LogP contribution in [0.1, 0.15) is 0 Å². The number of carbonyl (C=O) groups is 1. The van der Waals surface area contributed by atoms with Gasteiger partial charge in [-0.15, -0.1) is 0 Å². The van der Waals surface area contributed by atoms with Crippen LogP contribution in [0.3, 0.4) is 0 Å². The highest BCUT2D eigenvalue weighted by Gasteiger charge is 2.22. The summed E-state index contributed by atoms with van der Waals surface area (Å²) in [6.07, 6.45) is 0.284.